The minimum Gasteiger partial charge on any atom is -0.340 e. The lowest BCUT2D eigenvalue weighted by Crippen LogP contribution is -2.33. The fourth-order valence-corrected chi connectivity index (χ4v) is 1.52. The molecule has 0 aromatic rings. The first-order valence-electron chi connectivity index (χ1n) is 5.20. The fourth-order valence-electron chi connectivity index (χ4n) is 1.52. The first-order chi connectivity index (χ1) is 6.15. The molecule has 1 saturated carbocycles. The van der Waals surface area contributed by atoms with Gasteiger partial charge in [0.15, 0.2) is 0 Å². The molecular weight excluding hydrogens is 164 g/mol. The van der Waals surface area contributed by atoms with Gasteiger partial charge < -0.3 is 10.6 Å². The standard InChI is InChI=1S/C10H20N2O/c1-3-12(9-5-6-9)10(13)7-4-8(2)11/h8-9H,3-7,11H2,1-2H3. The summed E-state index contributed by atoms with van der Waals surface area (Å²) in [6.45, 7) is 4.84. The molecule has 76 valence electrons. The smallest absolute Gasteiger partial charge is 0.222 e. The molecule has 0 heterocycles. The molecule has 1 rings (SSSR count). The molecule has 1 fully saturated rings. The van der Waals surface area contributed by atoms with Crippen LogP contribution in [0.4, 0.5) is 0 Å². The van der Waals surface area contributed by atoms with Gasteiger partial charge in [-0.1, -0.05) is 0 Å². The lowest BCUT2D eigenvalue weighted by molar-refractivity contribution is -0.131. The number of rotatable bonds is 5. The zero-order valence-corrected chi connectivity index (χ0v) is 8.62. The highest BCUT2D eigenvalue weighted by Gasteiger charge is 2.30. The molecule has 0 bridgehead atoms. The van der Waals surface area contributed by atoms with Crippen LogP contribution in [0.2, 0.25) is 0 Å². The Balaban J connectivity index is 2.27. The average molecular weight is 184 g/mol. The van der Waals surface area contributed by atoms with E-state index in [1.54, 1.807) is 0 Å². The summed E-state index contributed by atoms with van der Waals surface area (Å²) in [5.74, 6) is 0.280. The Hall–Kier alpha value is -0.570. The van der Waals surface area contributed by atoms with Crippen LogP contribution in [0.15, 0.2) is 0 Å². The van der Waals surface area contributed by atoms with Gasteiger partial charge in [0.25, 0.3) is 0 Å². The van der Waals surface area contributed by atoms with E-state index in [0.29, 0.717) is 12.5 Å². The molecule has 0 aliphatic heterocycles. The van der Waals surface area contributed by atoms with E-state index >= 15 is 0 Å². The third-order valence-electron chi connectivity index (χ3n) is 2.46. The van der Waals surface area contributed by atoms with Gasteiger partial charge in [-0.3, -0.25) is 4.79 Å². The Morgan fingerprint density at radius 1 is 1.62 bits per heavy atom. The zero-order chi connectivity index (χ0) is 9.84. The largest absolute Gasteiger partial charge is 0.340 e. The molecule has 1 unspecified atom stereocenters. The zero-order valence-electron chi connectivity index (χ0n) is 8.62. The van der Waals surface area contributed by atoms with Crippen LogP contribution in [-0.4, -0.2) is 29.4 Å². The van der Waals surface area contributed by atoms with Crippen LogP contribution < -0.4 is 5.73 Å². The molecule has 1 atom stereocenters. The lowest BCUT2D eigenvalue weighted by atomic mass is 10.2. The van der Waals surface area contributed by atoms with Crippen LogP contribution in [0, 0.1) is 0 Å². The number of nitrogens with zero attached hydrogens (tertiary/aromatic N) is 1. The number of carbonyl (C=O) groups excluding carboxylic acids is 1. The number of nitrogens with two attached hydrogens (primary N) is 1. The van der Waals surface area contributed by atoms with Crippen molar-refractivity contribution in [1.82, 2.24) is 4.90 Å². The van der Waals surface area contributed by atoms with E-state index in [0.717, 1.165) is 13.0 Å². The van der Waals surface area contributed by atoms with Gasteiger partial charge >= 0.3 is 0 Å². The van der Waals surface area contributed by atoms with Crippen molar-refractivity contribution in [1.29, 1.82) is 0 Å². The van der Waals surface area contributed by atoms with Crippen molar-refractivity contribution in [2.24, 2.45) is 5.73 Å². The molecule has 0 aromatic heterocycles. The van der Waals surface area contributed by atoms with Gasteiger partial charge in [0.1, 0.15) is 0 Å². The molecule has 0 saturated heterocycles. The maximum absolute atomic E-state index is 11.6. The Bertz CT molecular complexity index is 176. The van der Waals surface area contributed by atoms with E-state index in [2.05, 4.69) is 0 Å². The summed E-state index contributed by atoms with van der Waals surface area (Å²) in [6.07, 6.45) is 3.81. The molecule has 13 heavy (non-hydrogen) atoms. The maximum Gasteiger partial charge on any atom is 0.222 e. The van der Waals surface area contributed by atoms with Crippen molar-refractivity contribution >= 4 is 5.91 Å². The summed E-state index contributed by atoms with van der Waals surface area (Å²) < 4.78 is 0. The van der Waals surface area contributed by atoms with Gasteiger partial charge in [0.05, 0.1) is 0 Å². The maximum atomic E-state index is 11.6. The molecule has 3 nitrogen and oxygen atoms in total. The topological polar surface area (TPSA) is 46.3 Å². The van der Waals surface area contributed by atoms with Crippen LogP contribution in [-0.2, 0) is 4.79 Å². The first kappa shape index (κ1) is 10.5. The summed E-state index contributed by atoms with van der Waals surface area (Å²) in [5.41, 5.74) is 5.60. The third kappa shape index (κ3) is 3.35. The molecule has 0 aromatic carbocycles. The second-order valence-electron chi connectivity index (χ2n) is 3.93. The van der Waals surface area contributed by atoms with Crippen LogP contribution in [0.25, 0.3) is 0 Å². The van der Waals surface area contributed by atoms with E-state index in [9.17, 15) is 4.79 Å². The molecule has 0 radical (unpaired) electrons. The normalized spacial score (nSPS) is 18.4. The third-order valence-corrected chi connectivity index (χ3v) is 2.46. The number of carbonyl (C=O) groups is 1. The highest BCUT2D eigenvalue weighted by Crippen LogP contribution is 2.27. The predicted octanol–water partition coefficient (Wildman–Crippen LogP) is 1.12. The van der Waals surface area contributed by atoms with Crippen LogP contribution in [0.3, 0.4) is 0 Å². The highest BCUT2D eigenvalue weighted by molar-refractivity contribution is 5.76. The predicted molar refractivity (Wildman–Crippen MR) is 53.3 cm³/mol. The molecule has 0 spiro atoms. The minimum atomic E-state index is 0.141. The fraction of sp³-hybridized carbons (Fsp3) is 0.900. The summed E-state index contributed by atoms with van der Waals surface area (Å²) in [7, 11) is 0. The molecule has 1 amide bonds. The molecule has 1 aliphatic rings. The SMILES string of the molecule is CCN(C(=O)CCC(C)N)C1CC1. The van der Waals surface area contributed by atoms with Crippen molar-refractivity contribution in [3.05, 3.63) is 0 Å². The number of hydrogen-bond acceptors (Lipinski definition) is 2. The Morgan fingerprint density at radius 2 is 2.23 bits per heavy atom. The molecule has 3 heteroatoms. The van der Waals surface area contributed by atoms with Crippen molar-refractivity contribution in [3.8, 4) is 0 Å². The lowest BCUT2D eigenvalue weighted by Gasteiger charge is -2.20. The minimum absolute atomic E-state index is 0.141. The Kier molecular flexibility index (Phi) is 3.72. The van der Waals surface area contributed by atoms with Gasteiger partial charge in [-0.25, -0.2) is 0 Å². The van der Waals surface area contributed by atoms with E-state index in [-0.39, 0.29) is 11.9 Å². The van der Waals surface area contributed by atoms with Crippen molar-refractivity contribution in [2.75, 3.05) is 6.54 Å². The summed E-state index contributed by atoms with van der Waals surface area (Å²) in [4.78, 5) is 13.6. The summed E-state index contributed by atoms with van der Waals surface area (Å²) >= 11 is 0. The molecular formula is C10H20N2O. The van der Waals surface area contributed by atoms with Crippen LogP contribution in [0.1, 0.15) is 39.5 Å². The van der Waals surface area contributed by atoms with E-state index < -0.39 is 0 Å². The van der Waals surface area contributed by atoms with E-state index in [1.807, 2.05) is 18.7 Å². The van der Waals surface area contributed by atoms with Crippen LogP contribution in [0.5, 0.6) is 0 Å². The average Bonchev–Trinajstić information content (AvgIpc) is 2.86. The second-order valence-corrected chi connectivity index (χ2v) is 3.93. The number of hydrogen-bond donors (Lipinski definition) is 1. The Morgan fingerprint density at radius 3 is 2.62 bits per heavy atom. The van der Waals surface area contributed by atoms with Gasteiger partial charge in [0, 0.05) is 25.0 Å². The Labute approximate surface area is 80.3 Å². The van der Waals surface area contributed by atoms with Crippen LogP contribution >= 0.6 is 0 Å². The van der Waals surface area contributed by atoms with Gasteiger partial charge in [0.2, 0.25) is 5.91 Å². The summed E-state index contributed by atoms with van der Waals surface area (Å²) in [5, 5.41) is 0. The highest BCUT2D eigenvalue weighted by atomic mass is 16.2. The van der Waals surface area contributed by atoms with Crippen molar-refractivity contribution in [3.63, 3.8) is 0 Å². The quantitative estimate of drug-likeness (QED) is 0.696. The van der Waals surface area contributed by atoms with E-state index in [1.165, 1.54) is 12.8 Å². The monoisotopic (exact) mass is 184 g/mol. The molecule has 1 aliphatic carbocycles. The van der Waals surface area contributed by atoms with Gasteiger partial charge in [-0.15, -0.1) is 0 Å². The number of amides is 1. The summed E-state index contributed by atoms with van der Waals surface area (Å²) in [6, 6.07) is 0.687. The van der Waals surface area contributed by atoms with Crippen molar-refractivity contribution < 1.29 is 4.79 Å². The first-order valence-corrected chi connectivity index (χ1v) is 5.20. The van der Waals surface area contributed by atoms with Crippen molar-refractivity contribution in [2.45, 2.75) is 51.6 Å². The van der Waals surface area contributed by atoms with Gasteiger partial charge in [-0.2, -0.15) is 0 Å². The van der Waals surface area contributed by atoms with Gasteiger partial charge in [-0.05, 0) is 33.1 Å². The van der Waals surface area contributed by atoms with E-state index in [4.69, 9.17) is 5.73 Å². The molecule has 2 N–H and O–H groups in total. The second kappa shape index (κ2) is 4.61.